The second-order valence-electron chi connectivity index (χ2n) is 5.68. The number of nitrogens with one attached hydrogen (secondary N) is 1. The van der Waals surface area contributed by atoms with Gasteiger partial charge in [-0.15, -0.1) is 0 Å². The summed E-state index contributed by atoms with van der Waals surface area (Å²) < 4.78 is 10.7. The van der Waals surface area contributed by atoms with E-state index in [9.17, 15) is 14.9 Å². The molecule has 9 heteroatoms. The van der Waals surface area contributed by atoms with Crippen LogP contribution in [0.2, 0.25) is 5.02 Å². The van der Waals surface area contributed by atoms with E-state index in [-0.39, 0.29) is 18.0 Å². The van der Waals surface area contributed by atoms with Crippen LogP contribution < -0.4 is 10.1 Å². The van der Waals surface area contributed by atoms with Crippen LogP contribution in [0.4, 0.5) is 11.4 Å². The molecular formula is C19H15ClN2O6. The Morgan fingerprint density at radius 3 is 2.68 bits per heavy atom. The van der Waals surface area contributed by atoms with Gasteiger partial charge >= 0.3 is 5.69 Å². The number of halogens is 1. The first kappa shape index (κ1) is 19.4. The van der Waals surface area contributed by atoms with Crippen molar-refractivity contribution in [3.05, 3.63) is 75.5 Å². The molecule has 0 saturated carbocycles. The van der Waals surface area contributed by atoms with Gasteiger partial charge in [0.2, 0.25) is 0 Å². The van der Waals surface area contributed by atoms with Crippen LogP contribution in [0.15, 0.2) is 59.0 Å². The monoisotopic (exact) mass is 402 g/mol. The molecule has 3 rings (SSSR count). The summed E-state index contributed by atoms with van der Waals surface area (Å²) in [6.07, 6.45) is 0. The molecule has 1 amide bonds. The Bertz CT molecular complexity index is 1020. The van der Waals surface area contributed by atoms with E-state index >= 15 is 0 Å². The zero-order valence-electron chi connectivity index (χ0n) is 14.4. The predicted octanol–water partition coefficient (Wildman–Crippen LogP) is 4.02. The number of hydrogen-bond donors (Lipinski definition) is 2. The summed E-state index contributed by atoms with van der Waals surface area (Å²) in [7, 11) is 0. The van der Waals surface area contributed by atoms with Crippen molar-refractivity contribution in [2.45, 2.75) is 6.61 Å². The summed E-state index contributed by atoms with van der Waals surface area (Å²) in [6.45, 7) is -0.617. The fourth-order valence-corrected chi connectivity index (χ4v) is 2.74. The second-order valence-corrected chi connectivity index (χ2v) is 6.09. The molecule has 3 aromatic rings. The van der Waals surface area contributed by atoms with Crippen molar-refractivity contribution in [2.75, 3.05) is 11.9 Å². The molecule has 1 heterocycles. The van der Waals surface area contributed by atoms with E-state index in [0.29, 0.717) is 27.8 Å². The van der Waals surface area contributed by atoms with Crippen LogP contribution >= 0.6 is 11.6 Å². The SMILES string of the molecule is O=C(COc1ccccc1[N+](=O)[O-])Nc1ccc(-c2ccc(CO)o2)c(Cl)c1. The summed E-state index contributed by atoms with van der Waals surface area (Å²) >= 11 is 6.25. The summed E-state index contributed by atoms with van der Waals surface area (Å²) in [6, 6.07) is 14.0. The molecule has 8 nitrogen and oxygen atoms in total. The fourth-order valence-electron chi connectivity index (χ4n) is 2.47. The van der Waals surface area contributed by atoms with E-state index in [2.05, 4.69) is 5.32 Å². The lowest BCUT2D eigenvalue weighted by Gasteiger charge is -2.09. The molecule has 0 saturated heterocycles. The summed E-state index contributed by atoms with van der Waals surface area (Å²) in [5.41, 5.74) is 0.817. The van der Waals surface area contributed by atoms with Gasteiger partial charge in [0.05, 0.1) is 9.95 Å². The Labute approximate surface area is 164 Å². The van der Waals surface area contributed by atoms with Gasteiger partial charge in [-0.25, -0.2) is 0 Å². The van der Waals surface area contributed by atoms with Gasteiger partial charge in [-0.05, 0) is 36.4 Å². The Hall–Kier alpha value is -3.36. The maximum atomic E-state index is 12.1. The van der Waals surface area contributed by atoms with Crippen LogP contribution in [0, 0.1) is 10.1 Å². The smallest absolute Gasteiger partial charge is 0.310 e. The van der Waals surface area contributed by atoms with Crippen LogP contribution in [0.25, 0.3) is 11.3 Å². The second kappa shape index (κ2) is 8.55. The Morgan fingerprint density at radius 1 is 1.21 bits per heavy atom. The fraction of sp³-hybridized carbons (Fsp3) is 0.105. The zero-order valence-corrected chi connectivity index (χ0v) is 15.2. The highest BCUT2D eigenvalue weighted by atomic mass is 35.5. The number of rotatable bonds is 7. The van der Waals surface area contributed by atoms with Gasteiger partial charge in [-0.1, -0.05) is 23.7 Å². The molecule has 0 aliphatic carbocycles. The van der Waals surface area contributed by atoms with E-state index in [0.717, 1.165) is 0 Å². The third-order valence-electron chi connectivity index (χ3n) is 3.76. The number of furan rings is 1. The molecule has 0 fully saturated rings. The van der Waals surface area contributed by atoms with E-state index in [1.807, 2.05) is 0 Å². The molecular weight excluding hydrogens is 388 g/mol. The number of nitro benzene ring substituents is 1. The first-order valence-electron chi connectivity index (χ1n) is 8.13. The maximum Gasteiger partial charge on any atom is 0.310 e. The highest BCUT2D eigenvalue weighted by Crippen LogP contribution is 2.32. The third kappa shape index (κ3) is 4.48. The van der Waals surface area contributed by atoms with Gasteiger partial charge in [0.25, 0.3) is 5.91 Å². The van der Waals surface area contributed by atoms with E-state index in [4.69, 9.17) is 25.9 Å². The van der Waals surface area contributed by atoms with Gasteiger partial charge in [0.15, 0.2) is 12.4 Å². The van der Waals surface area contributed by atoms with Crippen molar-refractivity contribution in [1.82, 2.24) is 0 Å². The molecule has 144 valence electrons. The van der Waals surface area contributed by atoms with Gasteiger partial charge in [-0.2, -0.15) is 0 Å². The molecule has 0 spiro atoms. The number of aliphatic hydroxyl groups is 1. The van der Waals surface area contributed by atoms with Crippen molar-refractivity contribution in [2.24, 2.45) is 0 Å². The van der Waals surface area contributed by atoms with Gasteiger partial charge in [-0.3, -0.25) is 14.9 Å². The van der Waals surface area contributed by atoms with Crippen LogP contribution in [-0.4, -0.2) is 22.5 Å². The molecule has 0 unspecified atom stereocenters. The van der Waals surface area contributed by atoms with Gasteiger partial charge in [0, 0.05) is 17.3 Å². The molecule has 0 atom stereocenters. The minimum absolute atomic E-state index is 0.00790. The van der Waals surface area contributed by atoms with E-state index in [1.165, 1.54) is 18.2 Å². The van der Waals surface area contributed by atoms with Crippen LogP contribution in [0.3, 0.4) is 0 Å². The van der Waals surface area contributed by atoms with E-state index in [1.54, 1.807) is 36.4 Å². The van der Waals surface area contributed by atoms with Crippen molar-refractivity contribution < 1.29 is 24.0 Å². The number of carbonyl (C=O) groups excluding carboxylic acids is 1. The largest absolute Gasteiger partial charge is 0.477 e. The number of ether oxygens (including phenoxy) is 1. The number of nitro groups is 1. The summed E-state index contributed by atoms with van der Waals surface area (Å²) in [5, 5.41) is 23.0. The average Bonchev–Trinajstić information content (AvgIpc) is 3.15. The maximum absolute atomic E-state index is 12.1. The van der Waals surface area contributed by atoms with Crippen molar-refractivity contribution in [3.63, 3.8) is 0 Å². The van der Waals surface area contributed by atoms with Crippen molar-refractivity contribution in [3.8, 4) is 17.1 Å². The quantitative estimate of drug-likeness (QED) is 0.455. The summed E-state index contributed by atoms with van der Waals surface area (Å²) in [4.78, 5) is 22.5. The lowest BCUT2D eigenvalue weighted by atomic mass is 10.1. The molecule has 1 aromatic heterocycles. The number of anilines is 1. The first-order chi connectivity index (χ1) is 13.5. The Kier molecular flexibility index (Phi) is 5.93. The number of aliphatic hydroxyl groups excluding tert-OH is 1. The molecule has 28 heavy (non-hydrogen) atoms. The molecule has 2 N–H and O–H groups in total. The van der Waals surface area contributed by atoms with E-state index < -0.39 is 17.4 Å². The molecule has 0 radical (unpaired) electrons. The first-order valence-corrected chi connectivity index (χ1v) is 8.51. The number of hydrogen-bond acceptors (Lipinski definition) is 6. The lowest BCUT2D eigenvalue weighted by molar-refractivity contribution is -0.385. The van der Waals surface area contributed by atoms with Gasteiger partial charge in [0.1, 0.15) is 18.1 Å². The highest BCUT2D eigenvalue weighted by molar-refractivity contribution is 6.33. The van der Waals surface area contributed by atoms with Crippen molar-refractivity contribution in [1.29, 1.82) is 0 Å². The topological polar surface area (TPSA) is 115 Å². The number of benzene rings is 2. The zero-order chi connectivity index (χ0) is 20.1. The molecule has 0 aliphatic heterocycles. The highest BCUT2D eigenvalue weighted by Gasteiger charge is 2.15. The minimum Gasteiger partial charge on any atom is -0.477 e. The third-order valence-corrected chi connectivity index (χ3v) is 4.07. The standard InChI is InChI=1S/C19H15ClN2O6/c20-15-9-12(5-7-14(15)17-8-6-13(10-23)28-17)21-19(24)11-27-18-4-2-1-3-16(18)22(25)26/h1-9,23H,10-11H2,(H,21,24). The number of amides is 1. The molecule has 2 aromatic carbocycles. The Morgan fingerprint density at radius 2 is 2.00 bits per heavy atom. The van der Waals surface area contributed by atoms with Crippen LogP contribution in [0.5, 0.6) is 5.75 Å². The number of nitrogens with zero attached hydrogens (tertiary/aromatic N) is 1. The van der Waals surface area contributed by atoms with Crippen LogP contribution in [0.1, 0.15) is 5.76 Å². The van der Waals surface area contributed by atoms with Gasteiger partial charge < -0.3 is 19.6 Å². The lowest BCUT2D eigenvalue weighted by Crippen LogP contribution is -2.20. The normalized spacial score (nSPS) is 10.5. The average molecular weight is 403 g/mol. The summed E-state index contributed by atoms with van der Waals surface area (Å²) in [5.74, 6) is 0.415. The van der Waals surface area contributed by atoms with Crippen molar-refractivity contribution >= 4 is 28.9 Å². The number of carbonyl (C=O) groups is 1. The van der Waals surface area contributed by atoms with Crippen LogP contribution in [-0.2, 0) is 11.4 Å². The number of para-hydroxylation sites is 2. The molecule has 0 aliphatic rings. The predicted molar refractivity (Wildman–Crippen MR) is 102 cm³/mol. The minimum atomic E-state index is -0.581. The Balaban J connectivity index is 1.65. The molecule has 0 bridgehead atoms.